The third-order valence-corrected chi connectivity index (χ3v) is 6.11. The van der Waals surface area contributed by atoms with Crippen molar-refractivity contribution in [3.63, 3.8) is 0 Å². The van der Waals surface area contributed by atoms with Crippen LogP contribution in [0, 0.1) is 10.1 Å². The minimum atomic E-state index is -0.437. The largest absolute Gasteiger partial charge is 0.493 e. The maximum Gasteiger partial charge on any atom is 0.269 e. The molecule has 1 aliphatic rings. The number of nitrogens with zero attached hydrogens (tertiary/aromatic N) is 3. The lowest BCUT2D eigenvalue weighted by molar-refractivity contribution is -0.384. The molecule has 0 saturated carbocycles. The van der Waals surface area contributed by atoms with Crippen LogP contribution in [0.25, 0.3) is 6.08 Å². The fourth-order valence-electron chi connectivity index (χ4n) is 3.45. The zero-order valence-electron chi connectivity index (χ0n) is 19.4. The summed E-state index contributed by atoms with van der Waals surface area (Å²) in [5.41, 5.74) is 2.48. The van der Waals surface area contributed by atoms with Crippen molar-refractivity contribution in [2.75, 3.05) is 20.2 Å². The molecule has 0 atom stereocenters. The number of carbonyl (C=O) groups is 1. The van der Waals surface area contributed by atoms with Crippen LogP contribution in [0.15, 0.2) is 59.0 Å². The Labute approximate surface area is 203 Å². The van der Waals surface area contributed by atoms with Crippen molar-refractivity contribution < 1.29 is 19.2 Å². The van der Waals surface area contributed by atoms with Crippen LogP contribution in [0.5, 0.6) is 11.5 Å². The molecular formula is C25H27N3O5S. The summed E-state index contributed by atoms with van der Waals surface area (Å²) in [6, 6.07) is 9.98. The van der Waals surface area contributed by atoms with Gasteiger partial charge in [-0.2, -0.15) is 0 Å². The number of thioether (sulfide) groups is 1. The van der Waals surface area contributed by atoms with Crippen LogP contribution in [0.1, 0.15) is 30.5 Å². The van der Waals surface area contributed by atoms with Gasteiger partial charge in [-0.1, -0.05) is 6.08 Å². The maximum atomic E-state index is 12.8. The molecule has 1 heterocycles. The third kappa shape index (κ3) is 5.66. The van der Waals surface area contributed by atoms with Crippen LogP contribution in [-0.4, -0.2) is 41.1 Å². The van der Waals surface area contributed by atoms with Crippen LogP contribution in [0.2, 0.25) is 0 Å². The molecule has 8 nitrogen and oxygen atoms in total. The summed E-state index contributed by atoms with van der Waals surface area (Å²) in [6.45, 7) is 9.09. The van der Waals surface area contributed by atoms with Crippen LogP contribution in [-0.2, 0) is 17.8 Å². The van der Waals surface area contributed by atoms with E-state index in [1.807, 2.05) is 32.1 Å². The first kappa shape index (κ1) is 25.0. The molecule has 0 aliphatic carbocycles. The Balaban J connectivity index is 1.90. The highest BCUT2D eigenvalue weighted by Crippen LogP contribution is 2.37. The van der Waals surface area contributed by atoms with E-state index in [1.54, 1.807) is 30.2 Å². The van der Waals surface area contributed by atoms with Crippen molar-refractivity contribution in [3.05, 3.63) is 80.8 Å². The Kier molecular flexibility index (Phi) is 8.48. The number of allylic oxidation sites excluding steroid dienone is 1. The normalized spacial score (nSPS) is 15.7. The molecule has 1 saturated heterocycles. The predicted octanol–water partition coefficient (Wildman–Crippen LogP) is 5.22. The zero-order valence-corrected chi connectivity index (χ0v) is 20.3. The molecular weight excluding hydrogens is 454 g/mol. The molecule has 9 heteroatoms. The van der Waals surface area contributed by atoms with E-state index >= 15 is 0 Å². The second-order valence-electron chi connectivity index (χ2n) is 7.33. The van der Waals surface area contributed by atoms with E-state index < -0.39 is 4.92 Å². The number of likely N-dealkylation sites (N-methyl/N-ethyl adjacent to an activating group) is 1. The monoisotopic (exact) mass is 481 g/mol. The van der Waals surface area contributed by atoms with Gasteiger partial charge in [0.1, 0.15) is 6.61 Å². The van der Waals surface area contributed by atoms with Gasteiger partial charge in [0, 0.05) is 30.8 Å². The average molecular weight is 482 g/mol. The number of nitro benzene ring substituents is 1. The van der Waals surface area contributed by atoms with E-state index in [1.165, 1.54) is 23.9 Å². The average Bonchev–Trinajstić information content (AvgIpc) is 3.12. The van der Waals surface area contributed by atoms with Gasteiger partial charge in [0.25, 0.3) is 11.6 Å². The fraction of sp³-hybridized carbons (Fsp3) is 0.280. The summed E-state index contributed by atoms with van der Waals surface area (Å²) >= 11 is 1.37. The van der Waals surface area contributed by atoms with Gasteiger partial charge >= 0.3 is 0 Å². The van der Waals surface area contributed by atoms with Crippen LogP contribution in [0.4, 0.5) is 5.69 Å². The van der Waals surface area contributed by atoms with Crippen molar-refractivity contribution >= 4 is 34.6 Å². The number of hydrogen-bond donors (Lipinski definition) is 0. The third-order valence-electron chi connectivity index (χ3n) is 5.06. The molecule has 0 spiro atoms. The van der Waals surface area contributed by atoms with Crippen molar-refractivity contribution in [1.82, 2.24) is 4.90 Å². The maximum absolute atomic E-state index is 12.8. The van der Waals surface area contributed by atoms with Gasteiger partial charge in [-0.25, -0.2) is 0 Å². The Bertz CT molecular complexity index is 1140. The highest BCUT2D eigenvalue weighted by Gasteiger charge is 2.32. The highest BCUT2D eigenvalue weighted by molar-refractivity contribution is 8.18. The number of aliphatic imine (C=N–C) groups is 1. The molecule has 1 amide bonds. The summed E-state index contributed by atoms with van der Waals surface area (Å²) in [5, 5.41) is 11.6. The molecule has 0 N–H and O–H groups in total. The number of amidine groups is 1. The molecule has 2 aromatic rings. The van der Waals surface area contributed by atoms with E-state index in [0.717, 1.165) is 16.7 Å². The van der Waals surface area contributed by atoms with Gasteiger partial charge in [0.05, 0.1) is 16.9 Å². The second kappa shape index (κ2) is 11.5. The lowest BCUT2D eigenvalue weighted by atomic mass is 10.0. The quantitative estimate of drug-likeness (QED) is 0.200. The van der Waals surface area contributed by atoms with E-state index in [-0.39, 0.29) is 18.2 Å². The number of amides is 1. The van der Waals surface area contributed by atoms with Crippen molar-refractivity contribution in [1.29, 1.82) is 0 Å². The van der Waals surface area contributed by atoms with Crippen LogP contribution < -0.4 is 9.47 Å². The molecule has 3 rings (SSSR count). The van der Waals surface area contributed by atoms with Gasteiger partial charge < -0.3 is 9.47 Å². The first-order valence-corrected chi connectivity index (χ1v) is 11.7. The smallest absolute Gasteiger partial charge is 0.269 e. The van der Waals surface area contributed by atoms with Gasteiger partial charge in [0.15, 0.2) is 16.7 Å². The summed E-state index contributed by atoms with van der Waals surface area (Å²) in [7, 11) is 1.56. The highest BCUT2D eigenvalue weighted by atomic mass is 32.2. The fourth-order valence-corrected chi connectivity index (χ4v) is 4.56. The van der Waals surface area contributed by atoms with Gasteiger partial charge in [0.2, 0.25) is 0 Å². The predicted molar refractivity (Wildman–Crippen MR) is 135 cm³/mol. The minimum Gasteiger partial charge on any atom is -0.493 e. The van der Waals surface area contributed by atoms with Crippen LogP contribution >= 0.6 is 11.8 Å². The number of nitro groups is 1. The number of methoxy groups -OCH3 is 1. The Hall–Kier alpha value is -3.59. The topological polar surface area (TPSA) is 94.3 Å². The van der Waals surface area contributed by atoms with Gasteiger partial charge in [-0.3, -0.25) is 24.8 Å². The summed E-state index contributed by atoms with van der Waals surface area (Å²) < 4.78 is 11.7. The Morgan fingerprint density at radius 1 is 1.24 bits per heavy atom. The SMILES string of the molecule is C=CCc1cc(/C=C2/SC(=NCC)N(CC)C2=O)cc(OC)c1OCc1ccc([N+](=O)[O-])cc1. The standard InChI is InChI=1S/C25H27N3O5S/c1-5-8-19-13-18(15-22-24(29)27(7-3)25(34-22)26-6-2)14-21(32-4)23(19)33-16-17-9-11-20(12-10-17)28(30)31/h5,9-15H,1,6-8,16H2,2-4H3/b22-15+,26-25?. The molecule has 178 valence electrons. The summed E-state index contributed by atoms with van der Waals surface area (Å²) in [6.07, 6.45) is 4.14. The summed E-state index contributed by atoms with van der Waals surface area (Å²) in [5.74, 6) is 1.03. The van der Waals surface area contributed by atoms with E-state index in [4.69, 9.17) is 9.47 Å². The molecule has 1 fully saturated rings. The lowest BCUT2D eigenvalue weighted by Crippen LogP contribution is -2.28. The van der Waals surface area contributed by atoms with E-state index in [9.17, 15) is 14.9 Å². The second-order valence-corrected chi connectivity index (χ2v) is 8.34. The minimum absolute atomic E-state index is 0.0270. The number of rotatable bonds is 10. The summed E-state index contributed by atoms with van der Waals surface area (Å²) in [4.78, 5) is 30.0. The number of non-ortho nitro benzene ring substituents is 1. The molecule has 0 bridgehead atoms. The lowest BCUT2D eigenvalue weighted by Gasteiger charge is -2.16. The van der Waals surface area contributed by atoms with Gasteiger partial charge in [-0.05, 0) is 73.5 Å². The molecule has 2 aromatic carbocycles. The Morgan fingerprint density at radius 2 is 1.97 bits per heavy atom. The van der Waals surface area contributed by atoms with Crippen molar-refractivity contribution in [2.24, 2.45) is 4.99 Å². The molecule has 0 unspecified atom stereocenters. The number of benzene rings is 2. The van der Waals surface area contributed by atoms with E-state index in [2.05, 4.69) is 11.6 Å². The number of ether oxygens (including phenoxy) is 2. The van der Waals surface area contributed by atoms with Crippen LogP contribution in [0.3, 0.4) is 0 Å². The molecule has 34 heavy (non-hydrogen) atoms. The van der Waals surface area contributed by atoms with E-state index in [0.29, 0.717) is 41.1 Å². The molecule has 1 aliphatic heterocycles. The van der Waals surface area contributed by atoms with Crippen molar-refractivity contribution in [3.8, 4) is 11.5 Å². The van der Waals surface area contributed by atoms with Gasteiger partial charge in [-0.15, -0.1) is 6.58 Å². The molecule has 0 aromatic heterocycles. The zero-order chi connectivity index (χ0) is 24.7. The first-order valence-electron chi connectivity index (χ1n) is 10.9. The first-order chi connectivity index (χ1) is 16.4. The van der Waals surface area contributed by atoms with Crippen molar-refractivity contribution in [2.45, 2.75) is 26.9 Å². The number of hydrogen-bond acceptors (Lipinski definition) is 7. The molecule has 0 radical (unpaired) electrons. The number of carbonyl (C=O) groups excluding carboxylic acids is 1. The Morgan fingerprint density at radius 3 is 2.56 bits per heavy atom.